The van der Waals surface area contributed by atoms with Crippen molar-refractivity contribution in [1.82, 2.24) is 0 Å². The zero-order valence-electron chi connectivity index (χ0n) is 17.1. The average molecular weight is 414 g/mol. The van der Waals surface area contributed by atoms with Crippen LogP contribution < -0.4 is 4.74 Å². The van der Waals surface area contributed by atoms with E-state index in [1.165, 1.54) is 24.4 Å². The summed E-state index contributed by atoms with van der Waals surface area (Å²) in [6, 6.07) is 16.3. The predicted molar refractivity (Wildman–Crippen MR) is 117 cm³/mol. The summed E-state index contributed by atoms with van der Waals surface area (Å²) in [4.78, 5) is 16.0. The van der Waals surface area contributed by atoms with Gasteiger partial charge in [-0.15, -0.1) is 11.8 Å². The van der Waals surface area contributed by atoms with Crippen LogP contribution in [-0.2, 0) is 20.0 Å². The van der Waals surface area contributed by atoms with Gasteiger partial charge in [0.05, 0.1) is 25.5 Å². The van der Waals surface area contributed by atoms with Crippen LogP contribution in [0.2, 0.25) is 0 Å². The minimum atomic E-state index is -0.208. The van der Waals surface area contributed by atoms with Gasteiger partial charge in [-0.05, 0) is 43.7 Å². The molecule has 2 aromatic carbocycles. The number of carbonyl (C=O) groups is 1. The van der Waals surface area contributed by atoms with Gasteiger partial charge in [0.1, 0.15) is 11.9 Å². The van der Waals surface area contributed by atoms with Crippen LogP contribution in [-0.4, -0.2) is 43.5 Å². The molecule has 0 aliphatic carbocycles. The van der Waals surface area contributed by atoms with Crippen LogP contribution in [0.3, 0.4) is 0 Å². The van der Waals surface area contributed by atoms with Gasteiger partial charge in [0, 0.05) is 17.7 Å². The van der Waals surface area contributed by atoms with Gasteiger partial charge in [-0.25, -0.2) is 4.99 Å². The molecule has 6 heteroatoms. The Hall–Kier alpha value is -2.47. The fourth-order valence-corrected chi connectivity index (χ4v) is 3.81. The number of thioether (sulfide) groups is 1. The van der Waals surface area contributed by atoms with E-state index in [-0.39, 0.29) is 18.1 Å². The number of nitrogens with zero attached hydrogens (tertiary/aromatic N) is 1. The van der Waals surface area contributed by atoms with Gasteiger partial charge in [-0.3, -0.25) is 4.79 Å². The summed E-state index contributed by atoms with van der Waals surface area (Å²) in [5.41, 5.74) is 3.35. The zero-order valence-corrected chi connectivity index (χ0v) is 17.9. The summed E-state index contributed by atoms with van der Waals surface area (Å²) >= 11 is 1.53. The van der Waals surface area contributed by atoms with E-state index in [2.05, 4.69) is 30.7 Å². The lowest BCUT2D eigenvalue weighted by atomic mass is 10.1. The number of esters is 1. The fourth-order valence-electron chi connectivity index (χ4n) is 3.01. The predicted octanol–water partition coefficient (Wildman–Crippen LogP) is 4.40. The van der Waals surface area contributed by atoms with Gasteiger partial charge in [0.2, 0.25) is 5.90 Å². The number of hydrogen-bond acceptors (Lipinski definition) is 6. The molecule has 0 aromatic heterocycles. The van der Waals surface area contributed by atoms with Gasteiger partial charge in [-0.1, -0.05) is 29.8 Å². The molecule has 0 radical (unpaired) electrons. The normalized spacial score (nSPS) is 18.1. The number of carbonyl (C=O) groups excluding carboxylic acids is 1. The first-order chi connectivity index (χ1) is 14.0. The fraction of sp³-hybridized carbons (Fsp3) is 0.391. The molecule has 0 N–H and O–H groups in total. The van der Waals surface area contributed by atoms with Gasteiger partial charge in [0.25, 0.3) is 0 Å². The Morgan fingerprint density at radius 1 is 1.21 bits per heavy atom. The lowest BCUT2D eigenvalue weighted by Gasteiger charge is -2.13. The molecule has 2 atom stereocenters. The summed E-state index contributed by atoms with van der Waals surface area (Å²) in [7, 11) is 1.40. The van der Waals surface area contributed by atoms with Crippen LogP contribution in [0.5, 0.6) is 5.75 Å². The lowest BCUT2D eigenvalue weighted by molar-refractivity contribution is -0.137. The van der Waals surface area contributed by atoms with Crippen molar-refractivity contribution >= 4 is 23.6 Å². The summed E-state index contributed by atoms with van der Waals surface area (Å²) in [5, 5.41) is 0. The Labute approximate surface area is 176 Å². The van der Waals surface area contributed by atoms with E-state index in [0.717, 1.165) is 29.1 Å². The second-order valence-electron chi connectivity index (χ2n) is 7.04. The highest BCUT2D eigenvalue weighted by molar-refractivity contribution is 7.99. The minimum Gasteiger partial charge on any atom is -0.494 e. The molecular formula is C23H27NO4S. The highest BCUT2D eigenvalue weighted by atomic mass is 32.2. The van der Waals surface area contributed by atoms with Crippen LogP contribution in [0, 0.1) is 6.92 Å². The van der Waals surface area contributed by atoms with Crippen molar-refractivity contribution in [1.29, 1.82) is 0 Å². The van der Waals surface area contributed by atoms with Gasteiger partial charge < -0.3 is 14.2 Å². The highest BCUT2D eigenvalue weighted by Crippen LogP contribution is 2.22. The molecule has 0 saturated carbocycles. The number of aliphatic imine (C=N–C) groups is 1. The van der Waals surface area contributed by atoms with E-state index in [1.54, 1.807) is 0 Å². The molecule has 0 fully saturated rings. The minimum absolute atomic E-state index is 0.0379. The number of ether oxygens (including phenoxy) is 3. The van der Waals surface area contributed by atoms with Crippen LogP contribution in [0.15, 0.2) is 53.5 Å². The summed E-state index contributed by atoms with van der Waals surface area (Å²) < 4.78 is 16.5. The summed E-state index contributed by atoms with van der Waals surface area (Å²) in [6.45, 7) is 4.69. The molecule has 29 heavy (non-hydrogen) atoms. The molecule has 0 spiro atoms. The molecule has 0 amide bonds. The van der Waals surface area contributed by atoms with Crippen LogP contribution in [0.25, 0.3) is 0 Å². The maximum Gasteiger partial charge on any atom is 0.315 e. The van der Waals surface area contributed by atoms with Gasteiger partial charge in [0.15, 0.2) is 0 Å². The van der Waals surface area contributed by atoms with E-state index in [1.807, 2.05) is 36.4 Å². The summed E-state index contributed by atoms with van der Waals surface area (Å²) in [6.07, 6.45) is 0.827. The Balaban J connectivity index is 1.48. The molecule has 0 saturated heterocycles. The lowest BCUT2D eigenvalue weighted by Crippen LogP contribution is -2.21. The van der Waals surface area contributed by atoms with E-state index >= 15 is 0 Å². The molecular weight excluding hydrogens is 386 g/mol. The largest absolute Gasteiger partial charge is 0.494 e. The van der Waals surface area contributed by atoms with E-state index in [0.29, 0.717) is 18.3 Å². The quantitative estimate of drug-likeness (QED) is 0.570. The van der Waals surface area contributed by atoms with Crippen LogP contribution >= 0.6 is 11.8 Å². The number of benzene rings is 2. The van der Waals surface area contributed by atoms with Crippen molar-refractivity contribution in [2.45, 2.75) is 38.2 Å². The maximum atomic E-state index is 11.2. The third kappa shape index (κ3) is 6.26. The number of rotatable bonds is 9. The van der Waals surface area contributed by atoms with E-state index < -0.39 is 0 Å². The molecule has 0 bridgehead atoms. The molecule has 154 valence electrons. The van der Waals surface area contributed by atoms with Gasteiger partial charge in [-0.2, -0.15) is 0 Å². The van der Waals surface area contributed by atoms with E-state index in [4.69, 9.17) is 14.5 Å². The SMILES string of the molecule is COC(=O)CSCc1cccc(OCCC2N=C(c3ccc(C)cc3)OC2C)c1. The topological polar surface area (TPSA) is 57.1 Å². The first-order valence-electron chi connectivity index (χ1n) is 9.73. The second-order valence-corrected chi connectivity index (χ2v) is 8.03. The highest BCUT2D eigenvalue weighted by Gasteiger charge is 2.27. The van der Waals surface area contributed by atoms with Crippen LogP contribution in [0.1, 0.15) is 30.0 Å². The molecule has 5 nitrogen and oxygen atoms in total. The van der Waals surface area contributed by atoms with Crippen molar-refractivity contribution in [3.05, 3.63) is 65.2 Å². The second kappa shape index (κ2) is 10.3. The van der Waals surface area contributed by atoms with Crippen molar-refractivity contribution < 1.29 is 19.0 Å². The van der Waals surface area contributed by atoms with Crippen molar-refractivity contribution in [3.63, 3.8) is 0 Å². The summed E-state index contributed by atoms with van der Waals surface area (Å²) in [5.74, 6) is 2.43. The van der Waals surface area contributed by atoms with E-state index in [9.17, 15) is 4.79 Å². The third-order valence-corrected chi connectivity index (χ3v) is 5.70. The first-order valence-corrected chi connectivity index (χ1v) is 10.9. The standard InChI is InChI=1S/C23H27NO4S/c1-16-7-9-19(10-8-16)23-24-21(17(2)28-23)11-12-27-20-6-4-5-18(13-20)14-29-15-22(25)26-3/h4-10,13,17,21H,11-12,14-15H2,1-3H3. The Morgan fingerprint density at radius 2 is 2.00 bits per heavy atom. The molecule has 2 unspecified atom stereocenters. The monoisotopic (exact) mass is 413 g/mol. The molecule has 1 aliphatic heterocycles. The number of aryl methyl sites for hydroxylation is 1. The van der Waals surface area contributed by atoms with Crippen molar-refractivity contribution in [3.8, 4) is 5.75 Å². The van der Waals surface area contributed by atoms with Crippen molar-refractivity contribution in [2.75, 3.05) is 19.5 Å². The molecule has 2 aromatic rings. The van der Waals surface area contributed by atoms with Crippen molar-refractivity contribution in [2.24, 2.45) is 4.99 Å². The number of hydrogen-bond donors (Lipinski definition) is 0. The molecule has 1 heterocycles. The Kier molecular flexibility index (Phi) is 7.58. The average Bonchev–Trinajstić information content (AvgIpc) is 3.09. The maximum absolute atomic E-state index is 11.2. The van der Waals surface area contributed by atoms with Gasteiger partial charge >= 0.3 is 5.97 Å². The molecule has 1 aliphatic rings. The third-order valence-electron chi connectivity index (χ3n) is 4.72. The number of methoxy groups -OCH3 is 1. The van der Waals surface area contributed by atoms with Crippen LogP contribution in [0.4, 0.5) is 0 Å². The zero-order chi connectivity index (χ0) is 20.6. The Morgan fingerprint density at radius 3 is 2.76 bits per heavy atom. The molecule has 3 rings (SSSR count). The first kappa shape index (κ1) is 21.2. The smallest absolute Gasteiger partial charge is 0.315 e. The Bertz CT molecular complexity index is 850.